The van der Waals surface area contributed by atoms with Gasteiger partial charge in [-0.05, 0) is 17.5 Å². The zero-order valence-corrected chi connectivity index (χ0v) is 13.4. The van der Waals surface area contributed by atoms with Gasteiger partial charge in [0, 0.05) is 18.4 Å². The Labute approximate surface area is 142 Å². The Kier molecular flexibility index (Phi) is 4.07. The lowest BCUT2D eigenvalue weighted by Gasteiger charge is -2.33. The van der Waals surface area contributed by atoms with Crippen molar-refractivity contribution in [3.63, 3.8) is 0 Å². The number of ketones is 1. The first-order valence-electron chi connectivity index (χ1n) is 7.73. The van der Waals surface area contributed by atoms with Gasteiger partial charge in [-0.25, -0.2) is 0 Å². The van der Waals surface area contributed by atoms with Gasteiger partial charge in [-0.15, -0.1) is 0 Å². The molecule has 0 aromatic heterocycles. The van der Waals surface area contributed by atoms with Crippen LogP contribution in [-0.4, -0.2) is 5.78 Å². The highest BCUT2D eigenvalue weighted by molar-refractivity contribution is 5.99. The molecule has 130 valence electrons. The average molecular weight is 348 g/mol. The normalized spacial score (nSPS) is 23.9. The maximum absolute atomic E-state index is 13.0. The van der Waals surface area contributed by atoms with E-state index in [0.717, 1.165) is 12.1 Å². The van der Waals surface area contributed by atoms with Gasteiger partial charge in [-0.1, -0.05) is 25.1 Å². The second-order valence-corrected chi connectivity index (χ2v) is 6.32. The van der Waals surface area contributed by atoms with Crippen molar-refractivity contribution in [2.75, 3.05) is 0 Å². The molecule has 7 heteroatoms. The number of nitrogens with two attached hydrogens (primary N) is 1. The van der Waals surface area contributed by atoms with E-state index < -0.39 is 17.7 Å². The highest BCUT2D eigenvalue weighted by Gasteiger charge is 2.40. The molecular weight excluding hydrogens is 333 g/mol. The molecule has 3 rings (SSSR count). The molecule has 0 bridgehead atoms. The van der Waals surface area contributed by atoms with Crippen molar-refractivity contribution >= 4 is 5.78 Å². The summed E-state index contributed by atoms with van der Waals surface area (Å²) >= 11 is 0. The number of nitrogens with zero attached hydrogens (tertiary/aromatic N) is 1. The number of allylic oxidation sites excluding steroid dienone is 3. The molecule has 25 heavy (non-hydrogen) atoms. The van der Waals surface area contributed by atoms with Crippen LogP contribution in [0.2, 0.25) is 0 Å². The van der Waals surface area contributed by atoms with Crippen LogP contribution in [0.1, 0.15) is 36.8 Å². The molecule has 1 aliphatic carbocycles. The van der Waals surface area contributed by atoms with Crippen molar-refractivity contribution in [2.24, 2.45) is 11.7 Å². The Bertz CT molecular complexity index is 847. The van der Waals surface area contributed by atoms with Crippen molar-refractivity contribution < 1.29 is 22.7 Å². The lowest BCUT2D eigenvalue weighted by atomic mass is 9.75. The fourth-order valence-electron chi connectivity index (χ4n) is 3.32. The van der Waals surface area contributed by atoms with Gasteiger partial charge >= 0.3 is 6.18 Å². The Balaban J connectivity index is 2.18. The summed E-state index contributed by atoms with van der Waals surface area (Å²) < 4.78 is 44.6. The van der Waals surface area contributed by atoms with Crippen molar-refractivity contribution in [2.45, 2.75) is 31.9 Å². The molecule has 0 amide bonds. The molecular formula is C18H15F3N2O2. The largest absolute Gasteiger partial charge is 0.444 e. The third-order valence-corrected chi connectivity index (χ3v) is 4.41. The van der Waals surface area contributed by atoms with E-state index in [4.69, 9.17) is 10.5 Å². The van der Waals surface area contributed by atoms with Gasteiger partial charge in [-0.3, -0.25) is 4.79 Å². The molecule has 2 aliphatic rings. The number of rotatable bonds is 1. The fourth-order valence-corrected chi connectivity index (χ4v) is 3.32. The standard InChI is InChI=1S/C18H15F3N2O2/c1-9-5-13(24)16-14(6-9)25-17(23)12(8-22)15(16)10-3-2-4-11(7-10)18(19,20)21/h2-4,7,9,15H,5-6,23H2,1H3/t9-,15+/m1/s1. The summed E-state index contributed by atoms with van der Waals surface area (Å²) in [6, 6.07) is 6.51. The van der Waals surface area contributed by atoms with Gasteiger partial charge in [-0.2, -0.15) is 18.4 Å². The van der Waals surface area contributed by atoms with Crippen molar-refractivity contribution in [3.05, 3.63) is 58.2 Å². The topological polar surface area (TPSA) is 76.1 Å². The van der Waals surface area contributed by atoms with Crippen molar-refractivity contribution in [3.8, 4) is 6.07 Å². The SMILES string of the molecule is C[C@@H]1CC(=O)C2=C(C1)OC(N)=C(C#N)[C@@H]2c1cccc(C(F)(F)F)c1. The number of hydrogen-bond acceptors (Lipinski definition) is 4. The van der Waals surface area contributed by atoms with E-state index in [0.29, 0.717) is 12.2 Å². The van der Waals surface area contributed by atoms with Gasteiger partial charge < -0.3 is 10.5 Å². The molecule has 4 nitrogen and oxygen atoms in total. The lowest BCUT2D eigenvalue weighted by Crippen LogP contribution is -2.29. The van der Waals surface area contributed by atoms with Crippen LogP contribution in [-0.2, 0) is 15.7 Å². The van der Waals surface area contributed by atoms with Crippen LogP contribution in [0.3, 0.4) is 0 Å². The Hall–Kier alpha value is -2.75. The minimum absolute atomic E-state index is 0.0408. The van der Waals surface area contributed by atoms with Gasteiger partial charge in [0.2, 0.25) is 5.88 Å². The zero-order chi connectivity index (χ0) is 18.4. The van der Waals surface area contributed by atoms with Crippen LogP contribution in [0.15, 0.2) is 47.1 Å². The maximum atomic E-state index is 13.0. The summed E-state index contributed by atoms with van der Waals surface area (Å²) in [7, 11) is 0. The highest BCUT2D eigenvalue weighted by Crippen LogP contribution is 2.45. The van der Waals surface area contributed by atoms with Crippen LogP contribution in [0.25, 0.3) is 0 Å². The van der Waals surface area contributed by atoms with Gasteiger partial charge in [0.25, 0.3) is 0 Å². The van der Waals surface area contributed by atoms with E-state index in [-0.39, 0.29) is 40.7 Å². The number of halogens is 3. The summed E-state index contributed by atoms with van der Waals surface area (Å²) in [4.78, 5) is 12.5. The van der Waals surface area contributed by atoms with Crippen LogP contribution in [0.5, 0.6) is 0 Å². The van der Waals surface area contributed by atoms with Gasteiger partial charge in [0.1, 0.15) is 17.4 Å². The number of alkyl halides is 3. The summed E-state index contributed by atoms with van der Waals surface area (Å²) in [5, 5.41) is 9.43. The molecule has 0 spiro atoms. The molecule has 0 saturated carbocycles. The van der Waals surface area contributed by atoms with Crippen LogP contribution >= 0.6 is 0 Å². The summed E-state index contributed by atoms with van der Waals surface area (Å²) in [6.07, 6.45) is -3.81. The van der Waals surface area contributed by atoms with Crippen molar-refractivity contribution in [1.82, 2.24) is 0 Å². The third kappa shape index (κ3) is 3.00. The van der Waals surface area contributed by atoms with E-state index >= 15 is 0 Å². The lowest BCUT2D eigenvalue weighted by molar-refractivity contribution is -0.137. The van der Waals surface area contributed by atoms with E-state index in [1.165, 1.54) is 12.1 Å². The predicted molar refractivity (Wildman–Crippen MR) is 82.5 cm³/mol. The fraction of sp³-hybridized carbons (Fsp3) is 0.333. The van der Waals surface area contributed by atoms with E-state index in [2.05, 4.69) is 0 Å². The number of carbonyl (C=O) groups is 1. The minimum Gasteiger partial charge on any atom is -0.444 e. The molecule has 1 aromatic rings. The highest BCUT2D eigenvalue weighted by atomic mass is 19.4. The summed E-state index contributed by atoms with van der Waals surface area (Å²) in [5.74, 6) is -0.925. The molecule has 0 unspecified atom stereocenters. The Morgan fingerprint density at radius 2 is 2.04 bits per heavy atom. The molecule has 0 saturated heterocycles. The first-order chi connectivity index (χ1) is 11.7. The monoisotopic (exact) mass is 348 g/mol. The molecule has 1 aromatic carbocycles. The molecule has 1 aliphatic heterocycles. The van der Waals surface area contributed by atoms with Gasteiger partial charge in [0.05, 0.1) is 11.5 Å². The maximum Gasteiger partial charge on any atom is 0.416 e. The Morgan fingerprint density at radius 3 is 2.68 bits per heavy atom. The molecule has 2 N–H and O–H groups in total. The van der Waals surface area contributed by atoms with E-state index in [1.807, 2.05) is 13.0 Å². The van der Waals surface area contributed by atoms with Crippen LogP contribution < -0.4 is 5.73 Å². The summed E-state index contributed by atoms with van der Waals surface area (Å²) in [6.45, 7) is 1.88. The zero-order valence-electron chi connectivity index (χ0n) is 13.4. The number of carbonyl (C=O) groups excluding carboxylic acids is 1. The predicted octanol–water partition coefficient (Wildman–Crippen LogP) is 3.77. The van der Waals surface area contributed by atoms with E-state index in [1.54, 1.807) is 0 Å². The molecule has 0 fully saturated rings. The molecule has 2 atom stereocenters. The number of benzene rings is 1. The second-order valence-electron chi connectivity index (χ2n) is 6.32. The minimum atomic E-state index is -4.52. The first-order valence-corrected chi connectivity index (χ1v) is 7.73. The number of hydrogen-bond donors (Lipinski definition) is 1. The first kappa shape index (κ1) is 17.1. The number of ether oxygens (including phenoxy) is 1. The average Bonchev–Trinajstić information content (AvgIpc) is 2.52. The third-order valence-electron chi connectivity index (χ3n) is 4.41. The second kappa shape index (κ2) is 5.96. The van der Waals surface area contributed by atoms with Crippen molar-refractivity contribution in [1.29, 1.82) is 5.26 Å². The number of nitriles is 1. The molecule has 1 heterocycles. The molecule has 0 radical (unpaired) electrons. The van der Waals surface area contributed by atoms with Crippen LogP contribution in [0, 0.1) is 17.2 Å². The smallest absolute Gasteiger partial charge is 0.416 e. The number of Topliss-reactive ketones (excluding diaryl/α,β-unsaturated/α-hetero) is 1. The van der Waals surface area contributed by atoms with Gasteiger partial charge in [0.15, 0.2) is 5.78 Å². The quantitative estimate of drug-likeness (QED) is 0.838. The van der Waals surface area contributed by atoms with E-state index in [9.17, 15) is 23.2 Å². The Morgan fingerprint density at radius 1 is 1.32 bits per heavy atom. The van der Waals surface area contributed by atoms with Crippen LogP contribution in [0.4, 0.5) is 13.2 Å². The summed E-state index contributed by atoms with van der Waals surface area (Å²) in [5.41, 5.74) is 5.36.